The van der Waals surface area contributed by atoms with Crippen LogP contribution in [0.3, 0.4) is 0 Å². The molecule has 2 atom stereocenters. The Kier molecular flexibility index (Phi) is 6.56. The smallest absolute Gasteiger partial charge is 0.198 e. The standard InChI is InChI=1S/C22H27ClO4/c1-3-15-5-7-16(8-6-15)11-18-19-14-27-22(26-4-2,12-17(25)13-24)20(19)9-10-21(18)23/h5-10,17,24-25H,3-4,11-14H2,1-2H3. The summed E-state index contributed by atoms with van der Waals surface area (Å²) in [5.41, 5.74) is 5.42. The van der Waals surface area contributed by atoms with Gasteiger partial charge in [0.05, 0.1) is 19.3 Å². The van der Waals surface area contributed by atoms with Crippen LogP contribution in [0.4, 0.5) is 0 Å². The lowest BCUT2D eigenvalue weighted by Gasteiger charge is -2.31. The van der Waals surface area contributed by atoms with E-state index >= 15 is 0 Å². The molecule has 0 spiro atoms. The van der Waals surface area contributed by atoms with Gasteiger partial charge in [-0.2, -0.15) is 0 Å². The summed E-state index contributed by atoms with van der Waals surface area (Å²) in [7, 11) is 0. The molecule has 2 aromatic carbocycles. The van der Waals surface area contributed by atoms with Gasteiger partial charge in [0.25, 0.3) is 0 Å². The van der Waals surface area contributed by atoms with Crippen LogP contribution in [0, 0.1) is 0 Å². The van der Waals surface area contributed by atoms with E-state index in [4.69, 9.17) is 21.1 Å². The molecular weight excluding hydrogens is 364 g/mol. The number of hydrogen-bond acceptors (Lipinski definition) is 4. The summed E-state index contributed by atoms with van der Waals surface area (Å²) in [6.07, 6.45) is 0.986. The van der Waals surface area contributed by atoms with E-state index in [1.54, 1.807) is 0 Å². The van der Waals surface area contributed by atoms with Crippen LogP contribution in [0.5, 0.6) is 0 Å². The predicted octanol–water partition coefficient (Wildman–Crippen LogP) is 3.96. The van der Waals surface area contributed by atoms with Crippen molar-refractivity contribution in [3.63, 3.8) is 0 Å². The SMILES string of the molecule is CCOC1(CC(O)CO)OCc2c1ccc(Cl)c2Cc1ccc(CC)cc1. The number of aliphatic hydroxyl groups excluding tert-OH is 2. The number of hydrogen-bond donors (Lipinski definition) is 2. The van der Waals surface area contributed by atoms with Gasteiger partial charge in [-0.05, 0) is 48.1 Å². The Morgan fingerprint density at radius 2 is 1.85 bits per heavy atom. The Morgan fingerprint density at radius 3 is 2.48 bits per heavy atom. The van der Waals surface area contributed by atoms with E-state index in [-0.39, 0.29) is 13.0 Å². The fourth-order valence-corrected chi connectivity index (χ4v) is 3.94. The van der Waals surface area contributed by atoms with E-state index in [9.17, 15) is 10.2 Å². The number of aryl methyl sites for hydroxylation is 1. The normalized spacial score (nSPS) is 19.9. The van der Waals surface area contributed by atoms with Gasteiger partial charge in [0.1, 0.15) is 0 Å². The molecule has 27 heavy (non-hydrogen) atoms. The second-order valence-electron chi connectivity index (χ2n) is 6.91. The van der Waals surface area contributed by atoms with Crippen molar-refractivity contribution in [2.24, 2.45) is 0 Å². The van der Waals surface area contributed by atoms with Gasteiger partial charge in [0.15, 0.2) is 5.79 Å². The number of aliphatic hydroxyl groups is 2. The summed E-state index contributed by atoms with van der Waals surface area (Å²) in [5.74, 6) is -1.04. The highest BCUT2D eigenvalue weighted by atomic mass is 35.5. The van der Waals surface area contributed by atoms with Gasteiger partial charge in [0, 0.05) is 23.6 Å². The quantitative estimate of drug-likeness (QED) is 0.716. The first-order valence-corrected chi connectivity index (χ1v) is 9.86. The zero-order valence-electron chi connectivity index (χ0n) is 15.9. The molecular formula is C22H27ClO4. The van der Waals surface area contributed by atoms with Crippen LogP contribution in [0.15, 0.2) is 36.4 Å². The number of rotatable bonds is 8. The first-order valence-electron chi connectivity index (χ1n) is 9.48. The fourth-order valence-electron chi connectivity index (χ4n) is 3.70. The molecule has 146 valence electrons. The highest BCUT2D eigenvalue weighted by Gasteiger charge is 2.43. The number of halogens is 1. The molecule has 0 fully saturated rings. The topological polar surface area (TPSA) is 58.9 Å². The molecule has 3 rings (SSSR count). The molecule has 0 saturated heterocycles. The Balaban J connectivity index is 1.97. The van der Waals surface area contributed by atoms with E-state index in [0.717, 1.165) is 23.1 Å². The second kappa shape index (κ2) is 8.72. The Bertz CT molecular complexity index is 775. The summed E-state index contributed by atoms with van der Waals surface area (Å²) in [6, 6.07) is 12.3. The molecule has 2 unspecified atom stereocenters. The van der Waals surface area contributed by atoms with Crippen molar-refractivity contribution in [2.75, 3.05) is 13.2 Å². The predicted molar refractivity (Wildman–Crippen MR) is 106 cm³/mol. The van der Waals surface area contributed by atoms with Gasteiger partial charge in [-0.1, -0.05) is 48.9 Å². The van der Waals surface area contributed by atoms with Crippen LogP contribution < -0.4 is 0 Å². The Morgan fingerprint density at radius 1 is 1.15 bits per heavy atom. The van der Waals surface area contributed by atoms with Crippen molar-refractivity contribution >= 4 is 11.6 Å². The van der Waals surface area contributed by atoms with E-state index in [2.05, 4.69) is 31.2 Å². The van der Waals surface area contributed by atoms with Crippen LogP contribution in [0.2, 0.25) is 5.02 Å². The fraction of sp³-hybridized carbons (Fsp3) is 0.455. The van der Waals surface area contributed by atoms with Crippen LogP contribution in [-0.2, 0) is 34.7 Å². The first-order chi connectivity index (χ1) is 13.0. The van der Waals surface area contributed by atoms with Gasteiger partial charge < -0.3 is 19.7 Å². The average molecular weight is 391 g/mol. The van der Waals surface area contributed by atoms with E-state index < -0.39 is 11.9 Å². The third kappa shape index (κ3) is 4.20. The molecule has 0 bridgehead atoms. The summed E-state index contributed by atoms with van der Waals surface area (Å²) < 4.78 is 12.0. The van der Waals surface area contributed by atoms with Gasteiger partial charge in [0.2, 0.25) is 0 Å². The molecule has 2 aromatic rings. The minimum absolute atomic E-state index is 0.177. The van der Waals surface area contributed by atoms with Gasteiger partial charge >= 0.3 is 0 Å². The third-order valence-electron chi connectivity index (χ3n) is 5.14. The lowest BCUT2D eigenvalue weighted by molar-refractivity contribution is -0.252. The molecule has 0 amide bonds. The zero-order valence-corrected chi connectivity index (χ0v) is 16.6. The lowest BCUT2D eigenvalue weighted by atomic mass is 9.91. The molecule has 0 aromatic heterocycles. The third-order valence-corrected chi connectivity index (χ3v) is 5.49. The van der Waals surface area contributed by atoms with Gasteiger partial charge in [-0.25, -0.2) is 0 Å². The summed E-state index contributed by atoms with van der Waals surface area (Å²) in [5, 5.41) is 20.0. The Labute approximate surface area is 165 Å². The molecule has 0 radical (unpaired) electrons. The summed E-state index contributed by atoms with van der Waals surface area (Å²) in [4.78, 5) is 0. The molecule has 0 saturated carbocycles. The minimum Gasteiger partial charge on any atom is -0.394 e. The van der Waals surface area contributed by atoms with Crippen LogP contribution >= 0.6 is 11.6 Å². The monoisotopic (exact) mass is 390 g/mol. The largest absolute Gasteiger partial charge is 0.394 e. The molecule has 1 aliphatic heterocycles. The number of ether oxygens (including phenoxy) is 2. The van der Waals surface area contributed by atoms with Crippen molar-refractivity contribution in [1.82, 2.24) is 0 Å². The highest BCUT2D eigenvalue weighted by Crippen LogP contribution is 2.44. The summed E-state index contributed by atoms with van der Waals surface area (Å²) in [6.45, 7) is 4.50. The van der Waals surface area contributed by atoms with E-state index in [1.165, 1.54) is 11.1 Å². The average Bonchev–Trinajstić information content (AvgIpc) is 3.03. The van der Waals surface area contributed by atoms with Crippen molar-refractivity contribution < 1.29 is 19.7 Å². The van der Waals surface area contributed by atoms with Crippen molar-refractivity contribution in [3.8, 4) is 0 Å². The number of fused-ring (bicyclic) bond motifs is 1. The highest BCUT2D eigenvalue weighted by molar-refractivity contribution is 6.31. The molecule has 0 aliphatic carbocycles. The molecule has 4 nitrogen and oxygen atoms in total. The lowest BCUT2D eigenvalue weighted by Crippen LogP contribution is -2.35. The maximum absolute atomic E-state index is 10.0. The second-order valence-corrected chi connectivity index (χ2v) is 7.32. The van der Waals surface area contributed by atoms with E-state index in [0.29, 0.717) is 24.7 Å². The van der Waals surface area contributed by atoms with Crippen molar-refractivity contribution in [3.05, 3.63) is 69.2 Å². The first kappa shape index (κ1) is 20.3. The maximum Gasteiger partial charge on any atom is 0.198 e. The van der Waals surface area contributed by atoms with Gasteiger partial charge in [-0.15, -0.1) is 0 Å². The van der Waals surface area contributed by atoms with Crippen LogP contribution in [-0.4, -0.2) is 29.5 Å². The molecule has 1 aliphatic rings. The Hall–Kier alpha value is -1.43. The maximum atomic E-state index is 10.0. The van der Waals surface area contributed by atoms with Crippen LogP contribution in [0.1, 0.15) is 48.1 Å². The van der Waals surface area contributed by atoms with Crippen molar-refractivity contribution in [2.45, 2.75) is 51.6 Å². The van der Waals surface area contributed by atoms with Gasteiger partial charge in [-0.3, -0.25) is 0 Å². The summed E-state index contributed by atoms with van der Waals surface area (Å²) >= 11 is 6.53. The van der Waals surface area contributed by atoms with Crippen molar-refractivity contribution in [1.29, 1.82) is 0 Å². The zero-order chi connectivity index (χ0) is 19.4. The molecule has 5 heteroatoms. The van der Waals surface area contributed by atoms with Crippen LogP contribution in [0.25, 0.3) is 0 Å². The van der Waals surface area contributed by atoms with E-state index in [1.807, 2.05) is 19.1 Å². The minimum atomic E-state index is -1.04. The molecule has 1 heterocycles. The number of benzene rings is 2. The molecule has 2 N–H and O–H groups in total.